The van der Waals surface area contributed by atoms with Gasteiger partial charge < -0.3 is 9.30 Å². The number of fused-ring (bicyclic) bond motifs is 1. The fourth-order valence-electron chi connectivity index (χ4n) is 2.73. The van der Waals surface area contributed by atoms with Crippen LogP contribution >= 0.6 is 0 Å². The minimum absolute atomic E-state index is 0.681. The fraction of sp³-hybridized carbons (Fsp3) is 0.500. The Morgan fingerprint density at radius 2 is 2.24 bits per heavy atom. The maximum absolute atomic E-state index is 4.69. The van der Waals surface area contributed by atoms with Crippen LogP contribution in [-0.4, -0.2) is 33.9 Å². The van der Waals surface area contributed by atoms with Crippen molar-refractivity contribution >= 4 is 5.65 Å². The van der Waals surface area contributed by atoms with Gasteiger partial charge in [-0.3, -0.25) is 0 Å². The highest BCUT2D eigenvalue weighted by Crippen LogP contribution is 2.19. The Bertz CT molecular complexity index is 529. The van der Waals surface area contributed by atoms with Gasteiger partial charge in [-0.2, -0.15) is 0 Å². The molecule has 3 rings (SSSR count). The molecular formula is C14H19N3. The van der Waals surface area contributed by atoms with E-state index in [0.29, 0.717) is 6.04 Å². The lowest BCUT2D eigenvalue weighted by atomic mass is 10.1. The van der Waals surface area contributed by atoms with Gasteiger partial charge in [0.2, 0.25) is 0 Å². The molecule has 17 heavy (non-hydrogen) atoms. The molecular weight excluding hydrogens is 210 g/mol. The summed E-state index contributed by atoms with van der Waals surface area (Å²) in [6.07, 6.45) is 8.03. The highest BCUT2D eigenvalue weighted by molar-refractivity contribution is 5.41. The van der Waals surface area contributed by atoms with Gasteiger partial charge in [0.15, 0.2) is 0 Å². The van der Waals surface area contributed by atoms with Crippen molar-refractivity contribution in [2.75, 3.05) is 13.6 Å². The minimum Gasteiger partial charge on any atom is -0.307 e. The van der Waals surface area contributed by atoms with Gasteiger partial charge in [-0.25, -0.2) is 4.98 Å². The van der Waals surface area contributed by atoms with E-state index in [1.807, 2.05) is 0 Å². The largest absolute Gasteiger partial charge is 0.307 e. The Kier molecular flexibility index (Phi) is 2.63. The lowest BCUT2D eigenvalue weighted by molar-refractivity contribution is 0.308. The van der Waals surface area contributed by atoms with E-state index in [1.165, 1.54) is 30.6 Å². The van der Waals surface area contributed by atoms with Crippen LogP contribution in [-0.2, 0) is 6.42 Å². The van der Waals surface area contributed by atoms with Gasteiger partial charge in [-0.1, -0.05) is 6.07 Å². The SMILES string of the molecule is Cc1ccc2nc(CC3CCCN3C)cn2c1. The van der Waals surface area contributed by atoms with Gasteiger partial charge in [-0.05, 0) is 45.0 Å². The molecule has 1 unspecified atom stereocenters. The summed E-state index contributed by atoms with van der Waals surface area (Å²) < 4.78 is 2.14. The summed E-state index contributed by atoms with van der Waals surface area (Å²) in [6, 6.07) is 4.89. The first-order chi connectivity index (χ1) is 8.22. The number of likely N-dealkylation sites (N-methyl/N-ethyl adjacent to an activating group) is 1. The molecule has 3 heteroatoms. The van der Waals surface area contributed by atoms with Crippen molar-refractivity contribution in [2.24, 2.45) is 0 Å². The van der Waals surface area contributed by atoms with Gasteiger partial charge in [0.25, 0.3) is 0 Å². The van der Waals surface area contributed by atoms with Gasteiger partial charge in [-0.15, -0.1) is 0 Å². The molecule has 1 atom stereocenters. The number of hydrogen-bond donors (Lipinski definition) is 0. The summed E-state index contributed by atoms with van der Waals surface area (Å²) in [4.78, 5) is 7.14. The van der Waals surface area contributed by atoms with Crippen LogP contribution in [0, 0.1) is 6.92 Å². The molecule has 1 aliphatic rings. The number of rotatable bonds is 2. The van der Waals surface area contributed by atoms with Crippen molar-refractivity contribution < 1.29 is 0 Å². The van der Waals surface area contributed by atoms with Gasteiger partial charge in [0.05, 0.1) is 5.69 Å². The summed E-state index contributed by atoms with van der Waals surface area (Å²) in [5, 5.41) is 0. The third-order valence-electron chi connectivity index (χ3n) is 3.77. The average molecular weight is 229 g/mol. The number of nitrogens with zero attached hydrogens (tertiary/aromatic N) is 3. The predicted octanol–water partition coefficient (Wildman–Crippen LogP) is 2.28. The van der Waals surface area contributed by atoms with Crippen molar-refractivity contribution in [3.63, 3.8) is 0 Å². The minimum atomic E-state index is 0.681. The van der Waals surface area contributed by atoms with E-state index in [4.69, 9.17) is 0 Å². The first kappa shape index (κ1) is 10.8. The first-order valence-electron chi connectivity index (χ1n) is 6.37. The first-order valence-corrected chi connectivity index (χ1v) is 6.37. The second-order valence-corrected chi connectivity index (χ2v) is 5.18. The van der Waals surface area contributed by atoms with E-state index < -0.39 is 0 Å². The van der Waals surface area contributed by atoms with Crippen LogP contribution in [0.2, 0.25) is 0 Å². The molecule has 0 amide bonds. The molecule has 2 aromatic heterocycles. The monoisotopic (exact) mass is 229 g/mol. The number of hydrogen-bond acceptors (Lipinski definition) is 2. The third kappa shape index (κ3) is 2.07. The summed E-state index contributed by atoms with van der Waals surface area (Å²) in [5.41, 5.74) is 3.56. The summed E-state index contributed by atoms with van der Waals surface area (Å²) >= 11 is 0. The van der Waals surface area contributed by atoms with Gasteiger partial charge in [0.1, 0.15) is 5.65 Å². The van der Waals surface area contributed by atoms with Gasteiger partial charge >= 0.3 is 0 Å². The van der Waals surface area contributed by atoms with Crippen molar-refractivity contribution in [3.05, 3.63) is 35.8 Å². The zero-order valence-electron chi connectivity index (χ0n) is 10.6. The molecule has 90 valence electrons. The van der Waals surface area contributed by atoms with E-state index in [2.05, 4.69) is 52.8 Å². The van der Waals surface area contributed by atoms with E-state index in [0.717, 1.165) is 12.1 Å². The number of pyridine rings is 1. The molecule has 0 aromatic carbocycles. The van der Waals surface area contributed by atoms with Crippen molar-refractivity contribution in [1.29, 1.82) is 0 Å². The Labute approximate surface area is 102 Å². The van der Waals surface area contributed by atoms with Crippen molar-refractivity contribution in [2.45, 2.75) is 32.2 Å². The van der Waals surface area contributed by atoms with E-state index in [9.17, 15) is 0 Å². The molecule has 0 aliphatic carbocycles. The smallest absolute Gasteiger partial charge is 0.136 e. The number of imidazole rings is 1. The van der Waals surface area contributed by atoms with E-state index in [-0.39, 0.29) is 0 Å². The maximum Gasteiger partial charge on any atom is 0.136 e. The Balaban J connectivity index is 1.85. The second kappa shape index (κ2) is 4.15. The number of aryl methyl sites for hydroxylation is 1. The van der Waals surface area contributed by atoms with Crippen LogP contribution < -0.4 is 0 Å². The van der Waals surface area contributed by atoms with Crippen molar-refractivity contribution in [1.82, 2.24) is 14.3 Å². The average Bonchev–Trinajstić information content (AvgIpc) is 2.85. The van der Waals surface area contributed by atoms with E-state index in [1.54, 1.807) is 0 Å². The Morgan fingerprint density at radius 3 is 3.00 bits per heavy atom. The van der Waals surface area contributed by atoms with Crippen LogP contribution in [0.25, 0.3) is 5.65 Å². The number of aromatic nitrogens is 2. The molecule has 0 N–H and O–H groups in total. The fourth-order valence-corrected chi connectivity index (χ4v) is 2.73. The Morgan fingerprint density at radius 1 is 1.35 bits per heavy atom. The molecule has 3 heterocycles. The molecule has 1 saturated heterocycles. The summed E-state index contributed by atoms with van der Waals surface area (Å²) in [7, 11) is 2.22. The molecule has 0 bridgehead atoms. The molecule has 1 aliphatic heterocycles. The summed E-state index contributed by atoms with van der Waals surface area (Å²) in [6.45, 7) is 3.35. The molecule has 0 saturated carbocycles. The standard InChI is InChI=1S/C14H19N3/c1-11-5-6-14-15-12(10-17(14)9-11)8-13-4-3-7-16(13)2/h5-6,9-10,13H,3-4,7-8H2,1-2H3. The lowest BCUT2D eigenvalue weighted by Crippen LogP contribution is -2.26. The van der Waals surface area contributed by atoms with Crippen LogP contribution in [0.5, 0.6) is 0 Å². The molecule has 1 fully saturated rings. The molecule has 0 radical (unpaired) electrons. The van der Waals surface area contributed by atoms with Crippen LogP contribution in [0.3, 0.4) is 0 Å². The van der Waals surface area contributed by atoms with Gasteiger partial charge in [0, 0.05) is 24.9 Å². The normalized spacial score (nSPS) is 21.4. The molecule has 3 nitrogen and oxygen atoms in total. The Hall–Kier alpha value is -1.35. The third-order valence-corrected chi connectivity index (χ3v) is 3.77. The molecule has 2 aromatic rings. The zero-order chi connectivity index (χ0) is 11.8. The van der Waals surface area contributed by atoms with Crippen LogP contribution in [0.4, 0.5) is 0 Å². The van der Waals surface area contributed by atoms with Crippen LogP contribution in [0.15, 0.2) is 24.5 Å². The summed E-state index contributed by atoms with van der Waals surface area (Å²) in [5.74, 6) is 0. The molecule has 0 spiro atoms. The lowest BCUT2D eigenvalue weighted by Gasteiger charge is -2.17. The number of likely N-dealkylation sites (tertiary alicyclic amines) is 1. The predicted molar refractivity (Wildman–Crippen MR) is 69.3 cm³/mol. The zero-order valence-corrected chi connectivity index (χ0v) is 10.6. The van der Waals surface area contributed by atoms with Crippen molar-refractivity contribution in [3.8, 4) is 0 Å². The maximum atomic E-state index is 4.69. The van der Waals surface area contributed by atoms with Crippen LogP contribution in [0.1, 0.15) is 24.1 Å². The quantitative estimate of drug-likeness (QED) is 0.787. The van der Waals surface area contributed by atoms with E-state index >= 15 is 0 Å². The highest BCUT2D eigenvalue weighted by Gasteiger charge is 2.21. The second-order valence-electron chi connectivity index (χ2n) is 5.18. The topological polar surface area (TPSA) is 20.5 Å². The highest BCUT2D eigenvalue weighted by atomic mass is 15.1.